The van der Waals surface area contributed by atoms with Crippen LogP contribution >= 0.6 is 0 Å². The van der Waals surface area contributed by atoms with Crippen LogP contribution < -0.4 is 0 Å². The second-order valence-corrected chi connectivity index (χ2v) is 6.33. The maximum atomic E-state index is 12.3. The molecule has 3 fully saturated rings. The fourth-order valence-electron chi connectivity index (χ4n) is 4.56. The molecule has 100 valence electrons. The molecule has 18 heavy (non-hydrogen) atoms. The molecule has 2 aliphatic carbocycles. The average molecular weight is 250 g/mol. The number of aliphatic hydroxyl groups excluding tert-OH is 1. The highest BCUT2D eigenvalue weighted by Gasteiger charge is 2.54. The van der Waals surface area contributed by atoms with Crippen molar-refractivity contribution < 1.29 is 9.90 Å². The van der Waals surface area contributed by atoms with Gasteiger partial charge in [0.25, 0.3) is 0 Å². The van der Waals surface area contributed by atoms with Crippen LogP contribution in [-0.2, 0) is 4.79 Å². The molecular weight excluding hydrogens is 228 g/mol. The number of carbonyl (C=O) groups is 1. The Kier molecular flexibility index (Phi) is 2.73. The monoisotopic (exact) mass is 250 g/mol. The van der Waals surface area contributed by atoms with E-state index < -0.39 is 0 Å². The molecule has 1 saturated heterocycles. The van der Waals surface area contributed by atoms with Gasteiger partial charge in [0.15, 0.2) is 0 Å². The maximum absolute atomic E-state index is 12.3. The summed E-state index contributed by atoms with van der Waals surface area (Å²) >= 11 is 0. The van der Waals surface area contributed by atoms with Gasteiger partial charge in [-0.25, -0.2) is 0 Å². The predicted molar refractivity (Wildman–Crippen MR) is 68.1 cm³/mol. The van der Waals surface area contributed by atoms with Crippen molar-refractivity contribution in [1.29, 1.82) is 5.41 Å². The molecule has 1 heterocycles. The Morgan fingerprint density at radius 2 is 2.06 bits per heavy atom. The van der Waals surface area contributed by atoms with Gasteiger partial charge in [-0.05, 0) is 37.0 Å². The Morgan fingerprint density at radius 3 is 2.78 bits per heavy atom. The minimum absolute atomic E-state index is 0.0919. The third kappa shape index (κ3) is 1.48. The predicted octanol–water partition coefficient (Wildman–Crippen LogP) is 1.49. The van der Waals surface area contributed by atoms with Crippen LogP contribution in [0.3, 0.4) is 0 Å². The van der Waals surface area contributed by atoms with E-state index in [1.165, 1.54) is 4.90 Å². The molecule has 6 unspecified atom stereocenters. The van der Waals surface area contributed by atoms with Gasteiger partial charge in [0, 0.05) is 18.9 Å². The molecule has 3 aliphatic rings. The van der Waals surface area contributed by atoms with Crippen molar-refractivity contribution in [3.8, 4) is 0 Å². The van der Waals surface area contributed by atoms with Gasteiger partial charge in [-0.2, -0.15) is 0 Å². The topological polar surface area (TPSA) is 64.4 Å². The SMILES string of the molecule is CC1C(O)CC2C(=N)N(C)C(=O)C3CCCC1C23. The molecule has 1 aliphatic heterocycles. The van der Waals surface area contributed by atoms with E-state index in [9.17, 15) is 9.90 Å². The number of rotatable bonds is 0. The summed E-state index contributed by atoms with van der Waals surface area (Å²) in [6.07, 6.45) is 3.52. The molecule has 2 N–H and O–H groups in total. The Hall–Kier alpha value is -0.900. The van der Waals surface area contributed by atoms with Crippen molar-refractivity contribution in [3.63, 3.8) is 0 Å². The number of aliphatic hydroxyl groups is 1. The number of hydrogen-bond donors (Lipinski definition) is 2. The van der Waals surface area contributed by atoms with Crippen LogP contribution in [0.1, 0.15) is 32.6 Å². The van der Waals surface area contributed by atoms with E-state index in [0.717, 1.165) is 19.3 Å². The van der Waals surface area contributed by atoms with Crippen molar-refractivity contribution in [3.05, 3.63) is 0 Å². The number of likely N-dealkylation sites (tertiary alicyclic amines) is 1. The average Bonchev–Trinajstić information content (AvgIpc) is 2.38. The second-order valence-electron chi connectivity index (χ2n) is 6.33. The Morgan fingerprint density at radius 1 is 1.33 bits per heavy atom. The zero-order valence-corrected chi connectivity index (χ0v) is 11.1. The first-order valence-electron chi connectivity index (χ1n) is 7.06. The lowest BCUT2D eigenvalue weighted by Crippen LogP contribution is -2.60. The van der Waals surface area contributed by atoms with E-state index in [4.69, 9.17) is 5.41 Å². The number of nitrogens with one attached hydrogen (secondary N) is 1. The molecule has 4 nitrogen and oxygen atoms in total. The molecule has 6 atom stereocenters. The van der Waals surface area contributed by atoms with Crippen LogP contribution in [0.2, 0.25) is 0 Å². The first-order valence-corrected chi connectivity index (χ1v) is 7.06. The molecule has 0 bridgehead atoms. The van der Waals surface area contributed by atoms with Crippen LogP contribution in [0.15, 0.2) is 0 Å². The summed E-state index contributed by atoms with van der Waals surface area (Å²) in [5, 5.41) is 18.4. The van der Waals surface area contributed by atoms with Gasteiger partial charge in [-0.15, -0.1) is 0 Å². The zero-order valence-electron chi connectivity index (χ0n) is 11.1. The van der Waals surface area contributed by atoms with Crippen LogP contribution in [0.25, 0.3) is 0 Å². The molecule has 1 amide bonds. The third-order valence-corrected chi connectivity index (χ3v) is 5.61. The second kappa shape index (κ2) is 4.05. The van der Waals surface area contributed by atoms with Crippen LogP contribution in [0.5, 0.6) is 0 Å². The van der Waals surface area contributed by atoms with Crippen LogP contribution in [-0.4, -0.2) is 34.9 Å². The largest absolute Gasteiger partial charge is 0.393 e. The highest BCUT2D eigenvalue weighted by Crippen LogP contribution is 2.52. The summed E-state index contributed by atoms with van der Waals surface area (Å²) in [4.78, 5) is 13.8. The highest BCUT2D eigenvalue weighted by molar-refractivity contribution is 6.01. The van der Waals surface area contributed by atoms with Gasteiger partial charge in [-0.1, -0.05) is 13.3 Å². The fourth-order valence-corrected chi connectivity index (χ4v) is 4.56. The number of nitrogens with zero attached hydrogens (tertiary/aromatic N) is 1. The van der Waals surface area contributed by atoms with Gasteiger partial charge in [0.05, 0.1) is 6.10 Å². The molecule has 3 rings (SSSR count). The minimum Gasteiger partial charge on any atom is -0.393 e. The van der Waals surface area contributed by atoms with Crippen LogP contribution in [0, 0.1) is 35.0 Å². The standard InChI is InChI=1S/C14H22N2O2/c1-7-8-4-3-5-9-12(8)10(6-11(7)17)13(15)16(2)14(9)18/h7-12,15,17H,3-6H2,1-2H3. The first kappa shape index (κ1) is 12.2. The molecule has 2 saturated carbocycles. The molecule has 0 aromatic rings. The quantitative estimate of drug-likeness (QED) is 0.684. The number of amidine groups is 1. The molecule has 0 spiro atoms. The molecular formula is C14H22N2O2. The van der Waals surface area contributed by atoms with Crippen molar-refractivity contribution in [2.75, 3.05) is 7.05 Å². The lowest BCUT2D eigenvalue weighted by molar-refractivity contribution is -0.144. The van der Waals surface area contributed by atoms with Crippen molar-refractivity contribution in [1.82, 2.24) is 4.90 Å². The summed E-state index contributed by atoms with van der Waals surface area (Å²) in [6, 6.07) is 0. The van der Waals surface area contributed by atoms with Crippen molar-refractivity contribution >= 4 is 11.7 Å². The molecule has 4 heteroatoms. The van der Waals surface area contributed by atoms with E-state index >= 15 is 0 Å². The lowest BCUT2D eigenvalue weighted by Gasteiger charge is -2.54. The van der Waals surface area contributed by atoms with Gasteiger partial charge in [0.2, 0.25) is 5.91 Å². The van der Waals surface area contributed by atoms with E-state index in [0.29, 0.717) is 24.1 Å². The van der Waals surface area contributed by atoms with Crippen molar-refractivity contribution in [2.45, 2.75) is 38.7 Å². The van der Waals surface area contributed by atoms with Gasteiger partial charge < -0.3 is 10.0 Å². The summed E-state index contributed by atoms with van der Waals surface area (Å²) in [5.41, 5.74) is 0. The normalized spacial score (nSPS) is 48.1. The smallest absolute Gasteiger partial charge is 0.231 e. The van der Waals surface area contributed by atoms with Gasteiger partial charge in [-0.3, -0.25) is 10.2 Å². The first-order chi connectivity index (χ1) is 8.52. The van der Waals surface area contributed by atoms with E-state index in [1.807, 2.05) is 0 Å². The summed E-state index contributed by atoms with van der Waals surface area (Å²) in [5.74, 6) is 1.77. The molecule has 0 aromatic carbocycles. The minimum atomic E-state index is -0.308. The molecule has 0 radical (unpaired) electrons. The highest BCUT2D eigenvalue weighted by atomic mass is 16.3. The molecule has 0 aromatic heterocycles. The van der Waals surface area contributed by atoms with Crippen molar-refractivity contribution in [2.24, 2.45) is 29.6 Å². The van der Waals surface area contributed by atoms with E-state index in [-0.39, 0.29) is 29.8 Å². The number of hydrogen-bond acceptors (Lipinski definition) is 3. The number of amides is 1. The Labute approximate surface area is 108 Å². The van der Waals surface area contributed by atoms with E-state index in [2.05, 4.69) is 6.92 Å². The number of carbonyl (C=O) groups excluding carboxylic acids is 1. The van der Waals surface area contributed by atoms with Gasteiger partial charge in [0.1, 0.15) is 5.84 Å². The third-order valence-electron chi connectivity index (χ3n) is 5.61. The summed E-state index contributed by atoms with van der Waals surface area (Å²) < 4.78 is 0. The summed E-state index contributed by atoms with van der Waals surface area (Å²) in [6.45, 7) is 2.11. The fraction of sp³-hybridized carbons (Fsp3) is 0.857. The van der Waals surface area contributed by atoms with Gasteiger partial charge >= 0.3 is 0 Å². The summed E-state index contributed by atoms with van der Waals surface area (Å²) in [7, 11) is 1.72. The Balaban J connectivity index is 1.99. The van der Waals surface area contributed by atoms with E-state index in [1.54, 1.807) is 7.05 Å². The van der Waals surface area contributed by atoms with Crippen LogP contribution in [0.4, 0.5) is 0 Å². The zero-order chi connectivity index (χ0) is 13.0. The number of piperidine rings is 1. The Bertz CT molecular complexity index is 395. The maximum Gasteiger partial charge on any atom is 0.231 e. The lowest BCUT2D eigenvalue weighted by atomic mass is 9.55.